The Hall–Kier alpha value is -0.400. The minimum absolute atomic E-state index is 0.00158. The summed E-state index contributed by atoms with van der Waals surface area (Å²) in [5.41, 5.74) is 0. The first-order valence-corrected chi connectivity index (χ1v) is 7.80. The molecule has 18 heavy (non-hydrogen) atoms. The molecule has 0 bridgehead atoms. The van der Waals surface area contributed by atoms with Crippen molar-refractivity contribution < 1.29 is 14.7 Å². The first-order chi connectivity index (χ1) is 8.41. The van der Waals surface area contributed by atoms with Gasteiger partial charge in [-0.1, -0.05) is 6.92 Å². The van der Waals surface area contributed by atoms with E-state index in [0.29, 0.717) is 11.4 Å². The Labute approximate surface area is 125 Å². The van der Waals surface area contributed by atoms with Gasteiger partial charge in [0.2, 0.25) is 0 Å². The van der Waals surface area contributed by atoms with Gasteiger partial charge in [-0.25, -0.2) is 4.79 Å². The van der Waals surface area contributed by atoms with Crippen molar-refractivity contribution in [3.63, 3.8) is 0 Å². The Balaban J connectivity index is 2.26. The van der Waals surface area contributed by atoms with E-state index in [2.05, 4.69) is 31.9 Å². The molecule has 1 amide bonds. The van der Waals surface area contributed by atoms with E-state index in [-0.39, 0.29) is 11.8 Å². The zero-order valence-corrected chi connectivity index (χ0v) is 13.5. The van der Waals surface area contributed by atoms with Crippen LogP contribution in [0, 0.1) is 5.92 Å². The number of likely N-dealkylation sites (tertiary alicyclic amines) is 1. The van der Waals surface area contributed by atoms with Crippen molar-refractivity contribution in [2.24, 2.45) is 5.92 Å². The normalized spacial score (nSPS) is 23.4. The number of hydrogen-bond donors (Lipinski definition) is 1. The van der Waals surface area contributed by atoms with Gasteiger partial charge in [0.05, 0.1) is 8.66 Å². The molecule has 1 aromatic heterocycles. The molecule has 98 valence electrons. The number of thiophene rings is 1. The molecular formula is C11H11Br2NO3S. The van der Waals surface area contributed by atoms with Crippen LogP contribution >= 0.6 is 43.2 Å². The molecule has 1 fully saturated rings. The van der Waals surface area contributed by atoms with Crippen LogP contribution in [-0.4, -0.2) is 34.5 Å². The monoisotopic (exact) mass is 395 g/mol. The number of aliphatic carboxylic acids is 1. The first-order valence-electron chi connectivity index (χ1n) is 5.40. The van der Waals surface area contributed by atoms with Crippen molar-refractivity contribution in [2.45, 2.75) is 19.4 Å². The van der Waals surface area contributed by atoms with E-state index in [4.69, 9.17) is 0 Å². The fourth-order valence-electron chi connectivity index (χ4n) is 2.14. The van der Waals surface area contributed by atoms with E-state index in [1.165, 1.54) is 16.2 Å². The average molecular weight is 397 g/mol. The number of carboxylic acid groups (broad SMARTS) is 1. The maximum atomic E-state index is 12.3. The summed E-state index contributed by atoms with van der Waals surface area (Å²) in [6.45, 7) is 2.37. The van der Waals surface area contributed by atoms with Crippen LogP contribution in [0.1, 0.15) is 23.0 Å². The van der Waals surface area contributed by atoms with E-state index < -0.39 is 12.0 Å². The van der Waals surface area contributed by atoms with E-state index in [1.54, 1.807) is 6.07 Å². The molecule has 2 unspecified atom stereocenters. The zero-order valence-electron chi connectivity index (χ0n) is 9.52. The molecule has 0 spiro atoms. The topological polar surface area (TPSA) is 57.6 Å². The SMILES string of the molecule is CC1CCN(C(=O)c2cc(Br)c(Br)s2)C1C(=O)O. The molecule has 1 aliphatic heterocycles. The highest BCUT2D eigenvalue weighted by molar-refractivity contribution is 9.13. The van der Waals surface area contributed by atoms with Crippen molar-refractivity contribution in [3.8, 4) is 0 Å². The first kappa shape index (κ1) is 14.0. The van der Waals surface area contributed by atoms with Gasteiger partial charge >= 0.3 is 5.97 Å². The van der Waals surface area contributed by atoms with Crippen LogP contribution in [0.25, 0.3) is 0 Å². The quantitative estimate of drug-likeness (QED) is 0.834. The maximum absolute atomic E-state index is 12.3. The highest BCUT2D eigenvalue weighted by Gasteiger charge is 2.40. The Kier molecular flexibility index (Phi) is 4.13. The Morgan fingerprint density at radius 2 is 2.17 bits per heavy atom. The molecule has 0 aromatic carbocycles. The van der Waals surface area contributed by atoms with Gasteiger partial charge in [0.1, 0.15) is 6.04 Å². The molecular weight excluding hydrogens is 386 g/mol. The number of nitrogens with zero attached hydrogens (tertiary/aromatic N) is 1. The van der Waals surface area contributed by atoms with E-state index in [1.807, 2.05) is 6.92 Å². The maximum Gasteiger partial charge on any atom is 0.326 e. The van der Waals surface area contributed by atoms with Crippen LogP contribution in [0.2, 0.25) is 0 Å². The standard InChI is InChI=1S/C11H11Br2NO3S/c1-5-2-3-14(8(5)11(16)17)10(15)7-4-6(12)9(13)18-7/h4-5,8H,2-3H2,1H3,(H,16,17). The lowest BCUT2D eigenvalue weighted by atomic mass is 10.0. The number of carbonyl (C=O) groups is 2. The molecule has 2 heterocycles. The Bertz CT molecular complexity index is 483. The minimum Gasteiger partial charge on any atom is -0.480 e. The molecule has 2 atom stereocenters. The molecule has 0 aliphatic carbocycles. The van der Waals surface area contributed by atoms with Crippen LogP contribution < -0.4 is 0 Å². The van der Waals surface area contributed by atoms with Crippen molar-refractivity contribution in [1.29, 1.82) is 0 Å². The largest absolute Gasteiger partial charge is 0.480 e. The second-order valence-electron chi connectivity index (χ2n) is 4.28. The summed E-state index contributed by atoms with van der Waals surface area (Å²) < 4.78 is 1.65. The highest BCUT2D eigenvalue weighted by atomic mass is 79.9. The van der Waals surface area contributed by atoms with Gasteiger partial charge in [-0.05, 0) is 50.3 Å². The van der Waals surface area contributed by atoms with Crippen LogP contribution in [0.4, 0.5) is 0 Å². The Morgan fingerprint density at radius 1 is 1.50 bits per heavy atom. The molecule has 0 saturated carbocycles. The molecule has 4 nitrogen and oxygen atoms in total. The van der Waals surface area contributed by atoms with E-state index >= 15 is 0 Å². The lowest BCUT2D eigenvalue weighted by molar-refractivity contribution is -0.142. The fourth-order valence-corrected chi connectivity index (χ4v) is 4.14. The lowest BCUT2D eigenvalue weighted by Gasteiger charge is -2.22. The van der Waals surface area contributed by atoms with Gasteiger partial charge in [-0.15, -0.1) is 11.3 Å². The smallest absolute Gasteiger partial charge is 0.326 e. The number of amides is 1. The third-order valence-electron chi connectivity index (χ3n) is 3.07. The van der Waals surface area contributed by atoms with Crippen molar-refractivity contribution >= 4 is 55.1 Å². The summed E-state index contributed by atoms with van der Waals surface area (Å²) in [6.07, 6.45) is 0.733. The van der Waals surface area contributed by atoms with Gasteiger partial charge < -0.3 is 10.0 Å². The number of hydrogen-bond acceptors (Lipinski definition) is 3. The summed E-state index contributed by atoms with van der Waals surface area (Å²) in [7, 11) is 0. The number of rotatable bonds is 2. The summed E-state index contributed by atoms with van der Waals surface area (Å²) >= 11 is 7.97. The zero-order chi connectivity index (χ0) is 13.4. The predicted octanol–water partition coefficient (Wildman–Crippen LogP) is 3.21. The molecule has 1 aliphatic rings. The van der Waals surface area contributed by atoms with Gasteiger partial charge in [0, 0.05) is 11.0 Å². The van der Waals surface area contributed by atoms with E-state index in [0.717, 1.165) is 14.7 Å². The van der Waals surface area contributed by atoms with Gasteiger partial charge in [-0.3, -0.25) is 4.79 Å². The van der Waals surface area contributed by atoms with Gasteiger partial charge in [-0.2, -0.15) is 0 Å². The third kappa shape index (κ3) is 2.48. The van der Waals surface area contributed by atoms with Crippen LogP contribution in [-0.2, 0) is 4.79 Å². The number of carbonyl (C=O) groups excluding carboxylic acids is 1. The number of halogens is 2. The van der Waals surface area contributed by atoms with E-state index in [9.17, 15) is 14.7 Å². The van der Waals surface area contributed by atoms with Crippen LogP contribution in [0.15, 0.2) is 14.3 Å². The number of carboxylic acids is 1. The summed E-state index contributed by atoms with van der Waals surface area (Å²) in [6, 6.07) is 1.01. The molecule has 7 heteroatoms. The average Bonchev–Trinajstić information content (AvgIpc) is 2.82. The van der Waals surface area contributed by atoms with Gasteiger partial charge in [0.25, 0.3) is 5.91 Å². The van der Waals surface area contributed by atoms with Crippen molar-refractivity contribution in [3.05, 3.63) is 19.2 Å². The van der Waals surface area contributed by atoms with Crippen molar-refractivity contribution in [2.75, 3.05) is 6.54 Å². The molecule has 1 saturated heterocycles. The highest BCUT2D eigenvalue weighted by Crippen LogP contribution is 2.34. The predicted molar refractivity (Wildman–Crippen MR) is 76.0 cm³/mol. The summed E-state index contributed by atoms with van der Waals surface area (Å²) in [4.78, 5) is 25.5. The second-order valence-corrected chi connectivity index (χ2v) is 7.50. The van der Waals surface area contributed by atoms with Crippen LogP contribution in [0.5, 0.6) is 0 Å². The van der Waals surface area contributed by atoms with Crippen molar-refractivity contribution in [1.82, 2.24) is 4.90 Å². The van der Waals surface area contributed by atoms with Gasteiger partial charge in [0.15, 0.2) is 0 Å². The third-order valence-corrected chi connectivity index (χ3v) is 6.31. The molecule has 1 N–H and O–H groups in total. The Morgan fingerprint density at radius 3 is 2.67 bits per heavy atom. The minimum atomic E-state index is -0.928. The lowest BCUT2D eigenvalue weighted by Crippen LogP contribution is -2.42. The molecule has 0 radical (unpaired) electrons. The molecule has 2 rings (SSSR count). The fraction of sp³-hybridized carbons (Fsp3) is 0.455. The summed E-state index contributed by atoms with van der Waals surface area (Å²) in [5.74, 6) is -1.13. The second kappa shape index (κ2) is 5.30. The van der Waals surface area contributed by atoms with Crippen LogP contribution in [0.3, 0.4) is 0 Å². The molecule has 1 aromatic rings. The summed E-state index contributed by atoms with van der Waals surface area (Å²) in [5, 5.41) is 9.20.